The van der Waals surface area contributed by atoms with Crippen LogP contribution < -0.4 is 5.73 Å². The highest BCUT2D eigenvalue weighted by atomic mass is 32.2. The maximum atomic E-state index is 12.7. The molecular formula is C17H22N4O2S. The van der Waals surface area contributed by atoms with E-state index in [0.29, 0.717) is 23.7 Å². The maximum Gasteiger partial charge on any atom is 0.235 e. The summed E-state index contributed by atoms with van der Waals surface area (Å²) in [7, 11) is 0. The highest BCUT2D eigenvalue weighted by molar-refractivity contribution is 8.00. The molecule has 1 aliphatic rings. The average Bonchev–Trinajstić information content (AvgIpc) is 2.53. The van der Waals surface area contributed by atoms with Gasteiger partial charge in [-0.05, 0) is 45.2 Å². The van der Waals surface area contributed by atoms with Crippen LogP contribution in [0.1, 0.15) is 36.6 Å². The van der Waals surface area contributed by atoms with Crippen LogP contribution in [0.2, 0.25) is 0 Å². The lowest BCUT2D eigenvalue weighted by molar-refractivity contribution is -0.134. The first-order chi connectivity index (χ1) is 11.3. The van der Waals surface area contributed by atoms with Gasteiger partial charge in [0, 0.05) is 18.8 Å². The number of aromatic nitrogens is 1. The molecule has 1 aliphatic heterocycles. The summed E-state index contributed by atoms with van der Waals surface area (Å²) in [6.45, 7) is 6.56. The van der Waals surface area contributed by atoms with Gasteiger partial charge in [-0.25, -0.2) is 4.98 Å². The summed E-state index contributed by atoms with van der Waals surface area (Å²) in [6, 6.07) is 4.03. The summed E-state index contributed by atoms with van der Waals surface area (Å²) in [4.78, 5) is 30.2. The van der Waals surface area contributed by atoms with Crippen LogP contribution in [0.4, 0.5) is 0 Å². The minimum Gasteiger partial charge on any atom is -0.369 e. The van der Waals surface area contributed by atoms with Gasteiger partial charge in [-0.15, -0.1) is 0 Å². The number of nitrogens with two attached hydrogens (primary N) is 1. The number of nitriles is 1. The number of carbonyl (C=O) groups excluding carboxylic acids is 2. The van der Waals surface area contributed by atoms with Crippen LogP contribution in [-0.4, -0.2) is 40.0 Å². The first kappa shape index (κ1) is 18.3. The second-order valence-corrected chi connectivity index (χ2v) is 7.49. The summed E-state index contributed by atoms with van der Waals surface area (Å²) < 4.78 is 0. The molecule has 24 heavy (non-hydrogen) atoms. The Morgan fingerprint density at radius 2 is 2.21 bits per heavy atom. The van der Waals surface area contributed by atoms with Crippen LogP contribution in [0.15, 0.2) is 11.1 Å². The van der Waals surface area contributed by atoms with E-state index >= 15 is 0 Å². The zero-order valence-electron chi connectivity index (χ0n) is 14.2. The van der Waals surface area contributed by atoms with Crippen molar-refractivity contribution in [2.24, 2.45) is 11.7 Å². The number of carbonyl (C=O) groups is 2. The van der Waals surface area contributed by atoms with Crippen LogP contribution in [0.3, 0.4) is 0 Å². The van der Waals surface area contributed by atoms with Crippen molar-refractivity contribution >= 4 is 23.6 Å². The van der Waals surface area contributed by atoms with E-state index in [4.69, 9.17) is 5.73 Å². The number of likely N-dealkylation sites (tertiary alicyclic amines) is 1. The lowest BCUT2D eigenvalue weighted by Gasteiger charge is -2.32. The van der Waals surface area contributed by atoms with Gasteiger partial charge in [-0.3, -0.25) is 9.59 Å². The molecule has 0 radical (unpaired) electrons. The molecule has 2 atom stereocenters. The summed E-state index contributed by atoms with van der Waals surface area (Å²) in [5, 5.41) is 9.54. The monoisotopic (exact) mass is 346 g/mol. The Kier molecular flexibility index (Phi) is 5.84. The van der Waals surface area contributed by atoms with Crippen LogP contribution in [0, 0.1) is 31.1 Å². The fraction of sp³-hybridized carbons (Fsp3) is 0.529. The molecule has 0 bridgehead atoms. The number of rotatable bonds is 4. The Morgan fingerprint density at radius 3 is 2.83 bits per heavy atom. The van der Waals surface area contributed by atoms with E-state index in [0.717, 1.165) is 24.1 Å². The molecule has 1 aromatic rings. The Balaban J connectivity index is 2.12. The molecule has 7 heteroatoms. The molecular weight excluding hydrogens is 324 g/mol. The van der Waals surface area contributed by atoms with Crippen LogP contribution in [-0.2, 0) is 9.59 Å². The lowest BCUT2D eigenvalue weighted by atomic mass is 9.97. The largest absolute Gasteiger partial charge is 0.369 e. The molecule has 6 nitrogen and oxygen atoms in total. The molecule has 2 unspecified atom stereocenters. The number of pyridine rings is 1. The fourth-order valence-electron chi connectivity index (χ4n) is 2.91. The van der Waals surface area contributed by atoms with E-state index in [1.807, 2.05) is 19.9 Å². The second kappa shape index (κ2) is 7.67. The van der Waals surface area contributed by atoms with Gasteiger partial charge < -0.3 is 10.6 Å². The van der Waals surface area contributed by atoms with E-state index in [9.17, 15) is 14.9 Å². The summed E-state index contributed by atoms with van der Waals surface area (Å²) in [5.41, 5.74) is 7.57. The fourth-order valence-corrected chi connectivity index (χ4v) is 4.01. The Morgan fingerprint density at radius 1 is 1.50 bits per heavy atom. The number of nitrogens with zero attached hydrogens (tertiary/aromatic N) is 3. The third kappa shape index (κ3) is 4.06. The molecule has 2 heterocycles. The molecule has 2 amide bonds. The van der Waals surface area contributed by atoms with Crippen LogP contribution >= 0.6 is 11.8 Å². The minimum absolute atomic E-state index is 0.0456. The number of thioether (sulfide) groups is 1. The van der Waals surface area contributed by atoms with Crippen molar-refractivity contribution in [3.8, 4) is 6.07 Å². The molecule has 2 N–H and O–H groups in total. The third-order valence-corrected chi connectivity index (χ3v) is 5.27. The van der Waals surface area contributed by atoms with Crippen molar-refractivity contribution in [2.75, 3.05) is 13.1 Å². The van der Waals surface area contributed by atoms with E-state index in [-0.39, 0.29) is 23.0 Å². The summed E-state index contributed by atoms with van der Waals surface area (Å²) in [5.74, 6) is -0.666. The zero-order valence-corrected chi connectivity index (χ0v) is 15.0. The average molecular weight is 346 g/mol. The number of hydrogen-bond acceptors (Lipinski definition) is 5. The molecule has 1 aromatic heterocycles. The van der Waals surface area contributed by atoms with Gasteiger partial charge in [0.1, 0.15) is 11.1 Å². The van der Waals surface area contributed by atoms with E-state index in [2.05, 4.69) is 11.1 Å². The van der Waals surface area contributed by atoms with Crippen molar-refractivity contribution in [2.45, 2.75) is 43.9 Å². The SMILES string of the molecule is Cc1cc(C)c(C#N)c(SC(C)C(=O)N2CCCC(C(N)=O)C2)n1. The summed E-state index contributed by atoms with van der Waals surface area (Å²) >= 11 is 1.29. The Hall–Kier alpha value is -2.07. The second-order valence-electron chi connectivity index (χ2n) is 6.16. The maximum absolute atomic E-state index is 12.7. The number of hydrogen-bond donors (Lipinski definition) is 1. The van der Waals surface area contributed by atoms with Crippen LogP contribution in [0.5, 0.6) is 0 Å². The van der Waals surface area contributed by atoms with Gasteiger partial charge in [0.2, 0.25) is 11.8 Å². The van der Waals surface area contributed by atoms with Crippen molar-refractivity contribution in [3.05, 3.63) is 22.9 Å². The molecule has 1 saturated heterocycles. The molecule has 1 fully saturated rings. The van der Waals surface area contributed by atoms with Gasteiger partial charge in [0.15, 0.2) is 0 Å². The predicted octanol–water partition coefficient (Wildman–Crippen LogP) is 1.77. The Labute approximate surface area is 146 Å². The van der Waals surface area contributed by atoms with Crippen molar-refractivity contribution in [3.63, 3.8) is 0 Å². The smallest absolute Gasteiger partial charge is 0.235 e. The number of aryl methyl sites for hydroxylation is 2. The van der Waals surface area contributed by atoms with E-state index < -0.39 is 0 Å². The number of amides is 2. The quantitative estimate of drug-likeness (QED) is 0.838. The normalized spacial score (nSPS) is 18.8. The van der Waals surface area contributed by atoms with Gasteiger partial charge in [0.05, 0.1) is 16.7 Å². The van der Waals surface area contributed by atoms with Gasteiger partial charge >= 0.3 is 0 Å². The van der Waals surface area contributed by atoms with Crippen LogP contribution in [0.25, 0.3) is 0 Å². The standard InChI is InChI=1S/C17H22N4O2S/c1-10-7-11(2)20-16(14(10)8-18)24-12(3)17(23)21-6-4-5-13(9-21)15(19)22/h7,12-13H,4-6,9H2,1-3H3,(H2,19,22). The molecule has 0 saturated carbocycles. The van der Waals surface area contributed by atoms with Crippen molar-refractivity contribution < 1.29 is 9.59 Å². The third-order valence-electron chi connectivity index (χ3n) is 4.19. The number of primary amides is 1. The van der Waals surface area contributed by atoms with Gasteiger partial charge in [-0.2, -0.15) is 5.26 Å². The summed E-state index contributed by atoms with van der Waals surface area (Å²) in [6.07, 6.45) is 1.51. The van der Waals surface area contributed by atoms with Gasteiger partial charge in [-0.1, -0.05) is 11.8 Å². The minimum atomic E-state index is -0.377. The Bertz CT molecular complexity index is 699. The molecule has 0 aliphatic carbocycles. The van der Waals surface area contributed by atoms with Crippen molar-refractivity contribution in [1.82, 2.24) is 9.88 Å². The van der Waals surface area contributed by atoms with E-state index in [1.54, 1.807) is 11.8 Å². The lowest BCUT2D eigenvalue weighted by Crippen LogP contribution is -2.46. The zero-order chi connectivity index (χ0) is 17.9. The van der Waals surface area contributed by atoms with E-state index in [1.165, 1.54) is 11.8 Å². The highest BCUT2D eigenvalue weighted by Gasteiger charge is 2.30. The topological polar surface area (TPSA) is 100 Å². The van der Waals surface area contributed by atoms with Gasteiger partial charge in [0.25, 0.3) is 0 Å². The van der Waals surface area contributed by atoms with Crippen molar-refractivity contribution in [1.29, 1.82) is 5.26 Å². The first-order valence-corrected chi connectivity index (χ1v) is 8.84. The molecule has 2 rings (SSSR count). The molecule has 128 valence electrons. The first-order valence-electron chi connectivity index (χ1n) is 7.96. The molecule has 0 spiro atoms. The number of piperidine rings is 1. The highest BCUT2D eigenvalue weighted by Crippen LogP contribution is 2.29. The predicted molar refractivity (Wildman–Crippen MR) is 92.2 cm³/mol. The molecule has 0 aromatic carbocycles.